The third kappa shape index (κ3) is 3.61. The largest absolute Gasteiger partial charge is 0.492 e. The lowest BCUT2D eigenvalue weighted by atomic mass is 10.1. The lowest BCUT2D eigenvalue weighted by Crippen LogP contribution is -2.00. The summed E-state index contributed by atoms with van der Waals surface area (Å²) >= 11 is 6.96. The van der Waals surface area contributed by atoms with Crippen LogP contribution in [0.2, 0.25) is 0 Å². The van der Waals surface area contributed by atoms with E-state index < -0.39 is 0 Å². The number of benzene rings is 1. The van der Waals surface area contributed by atoms with Crippen molar-refractivity contribution in [2.24, 2.45) is 5.73 Å². The molecule has 0 saturated heterocycles. The molecule has 1 aromatic rings. The minimum absolute atomic E-state index is 0.551. The second-order valence-corrected chi connectivity index (χ2v) is 5.20. The summed E-state index contributed by atoms with van der Waals surface area (Å²) in [7, 11) is 0. The molecule has 88 valence electrons. The van der Waals surface area contributed by atoms with Crippen LogP contribution in [0.1, 0.15) is 19.4 Å². The lowest BCUT2D eigenvalue weighted by Gasteiger charge is -2.11. The summed E-state index contributed by atoms with van der Waals surface area (Å²) in [6.07, 6.45) is 2.04. The van der Waals surface area contributed by atoms with Crippen molar-refractivity contribution in [2.45, 2.75) is 13.8 Å². The standard InChI is InChI=1S/C12H15Br2NO/c1-3-16-12-9(4-8(2)7-15)5-10(13)6-11(12)14/h4-6H,3,7,15H2,1-2H3. The highest BCUT2D eigenvalue weighted by atomic mass is 79.9. The molecule has 0 aromatic heterocycles. The normalized spacial score (nSPS) is 11.7. The Labute approximate surface area is 113 Å². The maximum Gasteiger partial charge on any atom is 0.140 e. The van der Waals surface area contributed by atoms with Crippen LogP contribution in [0, 0.1) is 0 Å². The van der Waals surface area contributed by atoms with E-state index in [1.165, 1.54) is 0 Å². The van der Waals surface area contributed by atoms with Crippen molar-refractivity contribution >= 4 is 37.9 Å². The van der Waals surface area contributed by atoms with Crippen LogP contribution < -0.4 is 10.5 Å². The van der Waals surface area contributed by atoms with E-state index in [4.69, 9.17) is 10.5 Å². The van der Waals surface area contributed by atoms with E-state index in [1.54, 1.807) is 0 Å². The van der Waals surface area contributed by atoms with Gasteiger partial charge in [-0.15, -0.1) is 0 Å². The van der Waals surface area contributed by atoms with Gasteiger partial charge in [0.25, 0.3) is 0 Å². The maximum absolute atomic E-state index is 5.62. The van der Waals surface area contributed by atoms with Gasteiger partial charge in [0.1, 0.15) is 5.75 Å². The van der Waals surface area contributed by atoms with Crippen LogP contribution in [0.5, 0.6) is 5.75 Å². The van der Waals surface area contributed by atoms with Gasteiger partial charge in [-0.05, 0) is 41.9 Å². The molecular formula is C12H15Br2NO. The van der Waals surface area contributed by atoms with E-state index in [2.05, 4.69) is 31.9 Å². The van der Waals surface area contributed by atoms with Crippen LogP contribution in [-0.2, 0) is 0 Å². The van der Waals surface area contributed by atoms with E-state index >= 15 is 0 Å². The molecular weight excluding hydrogens is 334 g/mol. The van der Waals surface area contributed by atoms with Gasteiger partial charge in [0, 0.05) is 16.6 Å². The molecule has 0 unspecified atom stereocenters. The molecule has 0 aliphatic rings. The molecule has 0 spiro atoms. The van der Waals surface area contributed by atoms with E-state index in [9.17, 15) is 0 Å². The third-order valence-electron chi connectivity index (χ3n) is 2.05. The molecule has 0 bridgehead atoms. The Bertz CT molecular complexity index is 402. The van der Waals surface area contributed by atoms with Gasteiger partial charge >= 0.3 is 0 Å². The first-order chi connectivity index (χ1) is 7.58. The van der Waals surface area contributed by atoms with E-state index in [-0.39, 0.29) is 0 Å². The summed E-state index contributed by atoms with van der Waals surface area (Å²) in [6.45, 7) is 5.17. The molecule has 0 amide bonds. The number of hydrogen-bond acceptors (Lipinski definition) is 2. The van der Waals surface area contributed by atoms with Gasteiger partial charge in [-0.25, -0.2) is 0 Å². The quantitative estimate of drug-likeness (QED) is 0.893. The van der Waals surface area contributed by atoms with Gasteiger partial charge in [0.2, 0.25) is 0 Å². The zero-order chi connectivity index (χ0) is 12.1. The smallest absolute Gasteiger partial charge is 0.140 e. The van der Waals surface area contributed by atoms with Crippen LogP contribution in [0.25, 0.3) is 6.08 Å². The fourth-order valence-electron chi connectivity index (χ4n) is 1.31. The van der Waals surface area contributed by atoms with Crippen molar-refractivity contribution in [3.05, 3.63) is 32.2 Å². The molecule has 0 radical (unpaired) electrons. The summed E-state index contributed by atoms with van der Waals surface area (Å²) in [5.41, 5.74) is 7.74. The van der Waals surface area contributed by atoms with Gasteiger partial charge in [0.05, 0.1) is 11.1 Å². The van der Waals surface area contributed by atoms with Gasteiger partial charge in [-0.2, -0.15) is 0 Å². The lowest BCUT2D eigenvalue weighted by molar-refractivity contribution is 0.337. The van der Waals surface area contributed by atoms with Crippen LogP contribution in [0.3, 0.4) is 0 Å². The fraction of sp³-hybridized carbons (Fsp3) is 0.333. The number of ether oxygens (including phenoxy) is 1. The molecule has 0 saturated carbocycles. The van der Waals surface area contributed by atoms with Crippen molar-refractivity contribution in [1.82, 2.24) is 0 Å². The third-order valence-corrected chi connectivity index (χ3v) is 3.10. The first-order valence-corrected chi connectivity index (χ1v) is 6.66. The number of halogens is 2. The zero-order valence-corrected chi connectivity index (χ0v) is 12.6. The van der Waals surface area contributed by atoms with Crippen LogP contribution in [0.4, 0.5) is 0 Å². The zero-order valence-electron chi connectivity index (χ0n) is 9.39. The average Bonchev–Trinajstić information content (AvgIpc) is 2.23. The Balaban J connectivity index is 3.23. The summed E-state index contributed by atoms with van der Waals surface area (Å²) in [5.74, 6) is 0.860. The van der Waals surface area contributed by atoms with Crippen molar-refractivity contribution in [3.8, 4) is 5.75 Å². The average molecular weight is 349 g/mol. The van der Waals surface area contributed by atoms with Gasteiger partial charge in [0.15, 0.2) is 0 Å². The first-order valence-electron chi connectivity index (χ1n) is 5.07. The second-order valence-electron chi connectivity index (χ2n) is 3.43. The van der Waals surface area contributed by atoms with E-state index in [0.29, 0.717) is 13.2 Å². The summed E-state index contributed by atoms with van der Waals surface area (Å²) in [4.78, 5) is 0. The first kappa shape index (κ1) is 13.7. The predicted molar refractivity (Wildman–Crippen MR) is 75.7 cm³/mol. The molecule has 2 nitrogen and oxygen atoms in total. The Kier molecular flexibility index (Phi) is 5.52. The summed E-state index contributed by atoms with van der Waals surface area (Å²) < 4.78 is 7.57. The van der Waals surface area contributed by atoms with Crippen LogP contribution >= 0.6 is 31.9 Å². The molecule has 1 aromatic carbocycles. The SMILES string of the molecule is CCOc1c(Br)cc(Br)cc1C=C(C)CN. The molecule has 16 heavy (non-hydrogen) atoms. The highest BCUT2D eigenvalue weighted by Crippen LogP contribution is 2.34. The molecule has 0 heterocycles. The van der Waals surface area contributed by atoms with Gasteiger partial charge < -0.3 is 10.5 Å². The molecule has 0 fully saturated rings. The highest BCUT2D eigenvalue weighted by Gasteiger charge is 2.08. The van der Waals surface area contributed by atoms with Gasteiger partial charge in [-0.1, -0.05) is 27.6 Å². The minimum atomic E-state index is 0.551. The highest BCUT2D eigenvalue weighted by molar-refractivity contribution is 9.11. The van der Waals surface area contributed by atoms with Crippen molar-refractivity contribution in [3.63, 3.8) is 0 Å². The summed E-state index contributed by atoms with van der Waals surface area (Å²) in [6, 6.07) is 4.00. The van der Waals surface area contributed by atoms with Crippen LogP contribution in [-0.4, -0.2) is 13.2 Å². The van der Waals surface area contributed by atoms with Crippen molar-refractivity contribution in [2.75, 3.05) is 13.2 Å². The Morgan fingerprint density at radius 1 is 1.44 bits per heavy atom. The predicted octanol–water partition coefficient (Wildman–Crippen LogP) is 3.97. The molecule has 0 aliphatic carbocycles. The maximum atomic E-state index is 5.62. The minimum Gasteiger partial charge on any atom is -0.492 e. The van der Waals surface area contributed by atoms with E-state index in [0.717, 1.165) is 25.8 Å². The molecule has 0 atom stereocenters. The van der Waals surface area contributed by atoms with Crippen molar-refractivity contribution in [1.29, 1.82) is 0 Å². The monoisotopic (exact) mass is 347 g/mol. The second kappa shape index (κ2) is 6.42. The Morgan fingerprint density at radius 2 is 2.12 bits per heavy atom. The Morgan fingerprint density at radius 3 is 2.69 bits per heavy atom. The fourth-order valence-corrected chi connectivity index (χ4v) is 2.68. The molecule has 1 rings (SSSR count). The molecule has 0 aliphatic heterocycles. The Hall–Kier alpha value is -0.320. The van der Waals surface area contributed by atoms with E-state index in [1.807, 2.05) is 32.1 Å². The molecule has 2 N–H and O–H groups in total. The van der Waals surface area contributed by atoms with Gasteiger partial charge in [-0.3, -0.25) is 0 Å². The number of nitrogens with two attached hydrogens (primary N) is 1. The topological polar surface area (TPSA) is 35.2 Å². The molecule has 4 heteroatoms. The van der Waals surface area contributed by atoms with Crippen LogP contribution in [0.15, 0.2) is 26.7 Å². The number of hydrogen-bond donors (Lipinski definition) is 1. The van der Waals surface area contributed by atoms with Crippen molar-refractivity contribution < 1.29 is 4.74 Å². The summed E-state index contributed by atoms with van der Waals surface area (Å²) in [5, 5.41) is 0. The number of rotatable bonds is 4.